The van der Waals surface area contributed by atoms with Gasteiger partial charge in [0.15, 0.2) is 0 Å². The quantitative estimate of drug-likeness (QED) is 0.276. The van der Waals surface area contributed by atoms with Crippen LogP contribution in [0.2, 0.25) is 0 Å². The lowest BCUT2D eigenvalue weighted by molar-refractivity contribution is 0.273. The van der Waals surface area contributed by atoms with Gasteiger partial charge in [0, 0.05) is 11.5 Å². The molecule has 1 aliphatic heterocycles. The van der Waals surface area contributed by atoms with Crippen LogP contribution in [0.4, 0.5) is 0 Å². The summed E-state index contributed by atoms with van der Waals surface area (Å²) >= 11 is 0. The summed E-state index contributed by atoms with van der Waals surface area (Å²) in [4.78, 5) is 12.3. The van der Waals surface area contributed by atoms with Gasteiger partial charge in [0.25, 0.3) is 0 Å². The maximum absolute atomic E-state index is 8.26. The molecule has 7 nitrogen and oxygen atoms in total. The van der Waals surface area contributed by atoms with E-state index >= 15 is 0 Å². The van der Waals surface area contributed by atoms with E-state index in [2.05, 4.69) is 23.9 Å². The minimum atomic E-state index is -0.0639. The first-order valence-corrected chi connectivity index (χ1v) is 8.55. The Morgan fingerprint density at radius 1 is 1.09 bits per heavy atom. The fourth-order valence-corrected chi connectivity index (χ4v) is 2.48. The lowest BCUT2D eigenvalue weighted by atomic mass is 10.0. The number of azide groups is 1. The number of rotatable bonds is 9. The first-order chi connectivity index (χ1) is 11.1. The smallest absolute Gasteiger partial charge is 0.210 e. The van der Waals surface area contributed by atoms with E-state index in [4.69, 9.17) is 25.0 Å². The molecule has 0 amide bonds. The minimum Gasteiger partial charge on any atom is -0.480 e. The van der Waals surface area contributed by atoms with Crippen LogP contribution in [-0.2, 0) is 9.47 Å². The van der Waals surface area contributed by atoms with E-state index < -0.39 is 0 Å². The van der Waals surface area contributed by atoms with E-state index in [1.807, 2.05) is 13.8 Å². The fourth-order valence-electron chi connectivity index (χ4n) is 2.48. The van der Waals surface area contributed by atoms with Crippen LogP contribution in [0.5, 0.6) is 0 Å². The van der Waals surface area contributed by atoms with Crippen LogP contribution in [0.3, 0.4) is 0 Å². The molecule has 0 saturated carbocycles. The second-order valence-corrected chi connectivity index (χ2v) is 5.81. The minimum absolute atomic E-state index is 0.0577. The Morgan fingerprint density at radius 2 is 1.78 bits per heavy atom. The van der Waals surface area contributed by atoms with Gasteiger partial charge in [0.05, 0.1) is 13.2 Å². The van der Waals surface area contributed by atoms with Gasteiger partial charge in [-0.05, 0) is 38.1 Å². The van der Waals surface area contributed by atoms with Crippen LogP contribution in [0, 0.1) is 5.92 Å². The normalized spacial score (nSPS) is 20.6. The summed E-state index contributed by atoms with van der Waals surface area (Å²) in [7, 11) is 0. The van der Waals surface area contributed by atoms with Gasteiger partial charge in [-0.2, -0.15) is 0 Å². The number of ether oxygens (including phenoxy) is 2. The van der Waals surface area contributed by atoms with Crippen LogP contribution < -0.4 is 0 Å². The number of unbranched alkanes of at least 4 members (excludes halogenated alkanes) is 2. The second kappa shape index (κ2) is 10.9. The van der Waals surface area contributed by atoms with Crippen molar-refractivity contribution < 1.29 is 9.47 Å². The zero-order valence-corrected chi connectivity index (χ0v) is 14.7. The monoisotopic (exact) mass is 323 g/mol. The van der Waals surface area contributed by atoms with Crippen molar-refractivity contribution in [2.75, 3.05) is 19.8 Å². The molecule has 23 heavy (non-hydrogen) atoms. The van der Waals surface area contributed by atoms with Crippen LogP contribution in [-0.4, -0.2) is 43.6 Å². The predicted molar refractivity (Wildman–Crippen MR) is 93.0 cm³/mol. The number of hydrogen-bond donors (Lipinski definition) is 0. The molecule has 0 aromatic carbocycles. The van der Waals surface area contributed by atoms with E-state index in [9.17, 15) is 0 Å². The highest BCUT2D eigenvalue weighted by Crippen LogP contribution is 2.21. The van der Waals surface area contributed by atoms with Gasteiger partial charge in [0.2, 0.25) is 11.8 Å². The van der Waals surface area contributed by atoms with E-state index in [0.29, 0.717) is 25.7 Å². The van der Waals surface area contributed by atoms with Crippen molar-refractivity contribution in [1.29, 1.82) is 0 Å². The first-order valence-electron chi connectivity index (χ1n) is 8.55. The Kier molecular flexibility index (Phi) is 9.14. The zero-order valence-electron chi connectivity index (χ0n) is 14.7. The van der Waals surface area contributed by atoms with Crippen molar-refractivity contribution in [3.05, 3.63) is 10.4 Å². The average molecular weight is 323 g/mol. The van der Waals surface area contributed by atoms with Crippen molar-refractivity contribution in [3.63, 3.8) is 0 Å². The largest absolute Gasteiger partial charge is 0.480 e. The standard InChI is InChI=1S/C16H29N5O2/c1-5-22-15-13(10-8-7-9-11-18-21-17)19-16(23-6-2)14(20-15)12(3)4/h12-14H,5-11H2,1-4H3/t13-,14?/m1/s1. The van der Waals surface area contributed by atoms with Gasteiger partial charge < -0.3 is 9.47 Å². The Morgan fingerprint density at radius 3 is 2.39 bits per heavy atom. The first kappa shape index (κ1) is 19.3. The van der Waals surface area contributed by atoms with Crippen LogP contribution in [0.1, 0.15) is 53.4 Å². The van der Waals surface area contributed by atoms with Crippen molar-refractivity contribution >= 4 is 11.8 Å². The summed E-state index contributed by atoms with van der Waals surface area (Å²) in [5.41, 5.74) is 8.26. The van der Waals surface area contributed by atoms with Gasteiger partial charge >= 0.3 is 0 Å². The number of aliphatic imine (C=N–C) groups is 2. The number of nitrogens with zero attached hydrogens (tertiary/aromatic N) is 5. The molecule has 0 spiro atoms. The molecule has 0 aromatic heterocycles. The Balaban J connectivity index is 2.68. The van der Waals surface area contributed by atoms with E-state index in [-0.39, 0.29) is 12.1 Å². The molecule has 0 fully saturated rings. The molecule has 0 saturated heterocycles. The topological polar surface area (TPSA) is 91.9 Å². The third-order valence-electron chi connectivity index (χ3n) is 3.60. The molecule has 1 aliphatic rings. The van der Waals surface area contributed by atoms with Crippen molar-refractivity contribution in [3.8, 4) is 0 Å². The molecule has 0 bridgehead atoms. The molecule has 0 N–H and O–H groups in total. The highest BCUT2D eigenvalue weighted by molar-refractivity contribution is 5.94. The van der Waals surface area contributed by atoms with Gasteiger partial charge in [-0.3, -0.25) is 0 Å². The summed E-state index contributed by atoms with van der Waals surface area (Å²) in [6, 6.07) is -0.122. The molecule has 7 heteroatoms. The third-order valence-corrected chi connectivity index (χ3v) is 3.60. The van der Waals surface area contributed by atoms with Gasteiger partial charge in [-0.15, -0.1) is 0 Å². The molecule has 1 rings (SSSR count). The van der Waals surface area contributed by atoms with Gasteiger partial charge in [-0.25, -0.2) is 9.98 Å². The lowest BCUT2D eigenvalue weighted by Gasteiger charge is -2.28. The molecular formula is C16H29N5O2. The summed E-state index contributed by atoms with van der Waals surface area (Å²) in [5, 5.41) is 3.55. The number of hydrogen-bond acceptors (Lipinski definition) is 5. The summed E-state index contributed by atoms with van der Waals surface area (Å²) < 4.78 is 11.4. The molecule has 1 unspecified atom stereocenters. The zero-order chi connectivity index (χ0) is 17.1. The predicted octanol–water partition coefficient (Wildman–Crippen LogP) is 4.13. The summed E-state index contributed by atoms with van der Waals surface area (Å²) in [6.45, 7) is 9.90. The molecule has 130 valence electrons. The molecule has 0 aliphatic carbocycles. The summed E-state index contributed by atoms with van der Waals surface area (Å²) in [6.07, 6.45) is 3.76. The Bertz CT molecular complexity index is 455. The van der Waals surface area contributed by atoms with Crippen LogP contribution in [0.15, 0.2) is 15.1 Å². The molecule has 1 heterocycles. The molecular weight excluding hydrogens is 294 g/mol. The van der Waals surface area contributed by atoms with Gasteiger partial charge in [0.1, 0.15) is 12.1 Å². The Hall–Kier alpha value is -1.75. The fraction of sp³-hybridized carbons (Fsp3) is 0.875. The third kappa shape index (κ3) is 6.48. The van der Waals surface area contributed by atoms with E-state index in [1.54, 1.807) is 0 Å². The molecule has 0 aromatic rings. The van der Waals surface area contributed by atoms with E-state index in [0.717, 1.165) is 37.5 Å². The van der Waals surface area contributed by atoms with Crippen molar-refractivity contribution in [1.82, 2.24) is 0 Å². The Labute approximate surface area is 138 Å². The highest BCUT2D eigenvalue weighted by Gasteiger charge is 2.31. The second-order valence-electron chi connectivity index (χ2n) is 5.81. The average Bonchev–Trinajstić information content (AvgIpc) is 2.52. The van der Waals surface area contributed by atoms with E-state index in [1.165, 1.54) is 0 Å². The van der Waals surface area contributed by atoms with Crippen LogP contribution in [0.25, 0.3) is 10.4 Å². The van der Waals surface area contributed by atoms with Gasteiger partial charge in [-0.1, -0.05) is 31.8 Å². The van der Waals surface area contributed by atoms with Crippen molar-refractivity contribution in [2.24, 2.45) is 21.0 Å². The SMILES string of the molecule is CCOC1=N[C@H](CCCCCN=[N+]=[N-])C(OCC)=NC1C(C)C. The van der Waals surface area contributed by atoms with Crippen molar-refractivity contribution in [2.45, 2.75) is 65.5 Å². The maximum Gasteiger partial charge on any atom is 0.210 e. The molecule has 0 radical (unpaired) electrons. The van der Waals surface area contributed by atoms with Crippen LogP contribution >= 0.6 is 0 Å². The summed E-state index contributed by atoms with van der Waals surface area (Å²) in [5.74, 6) is 1.77. The maximum atomic E-state index is 8.26. The lowest BCUT2D eigenvalue weighted by Crippen LogP contribution is -2.38. The highest BCUT2D eigenvalue weighted by atomic mass is 16.5. The molecule has 2 atom stereocenters.